The Morgan fingerprint density at radius 3 is 2.67 bits per heavy atom. The van der Waals surface area contributed by atoms with Crippen LogP contribution in [0.2, 0.25) is 0 Å². The van der Waals surface area contributed by atoms with Crippen LogP contribution in [0.3, 0.4) is 0 Å². The lowest BCUT2D eigenvalue weighted by atomic mass is 9.97. The Labute approximate surface area is 95.2 Å². The first-order valence-corrected chi connectivity index (χ1v) is 5.51. The smallest absolute Gasteiger partial charge is 0.123 e. The molecular weight excluding hydrogens is 215 g/mol. The van der Waals surface area contributed by atoms with Crippen LogP contribution < -0.4 is 4.74 Å². The van der Waals surface area contributed by atoms with E-state index in [1.54, 1.807) is 13.2 Å². The minimum atomic E-state index is -0.278. The van der Waals surface area contributed by atoms with Crippen LogP contribution in [0.25, 0.3) is 0 Å². The number of methoxy groups -OCH3 is 1. The van der Waals surface area contributed by atoms with Crippen molar-refractivity contribution in [3.05, 3.63) is 29.6 Å². The molecule has 0 aliphatic carbocycles. The van der Waals surface area contributed by atoms with Crippen molar-refractivity contribution in [1.29, 1.82) is 0 Å². The SMILES string of the molecule is CCC(C)C(Cl)c1cc(F)ccc1OC. The van der Waals surface area contributed by atoms with Gasteiger partial charge in [-0.2, -0.15) is 0 Å². The summed E-state index contributed by atoms with van der Waals surface area (Å²) in [5.41, 5.74) is 0.730. The second-order valence-corrected chi connectivity index (χ2v) is 4.14. The van der Waals surface area contributed by atoms with Crippen LogP contribution in [0.5, 0.6) is 5.75 Å². The van der Waals surface area contributed by atoms with E-state index in [0.717, 1.165) is 12.0 Å². The highest BCUT2D eigenvalue weighted by Gasteiger charge is 2.19. The molecule has 0 aliphatic heterocycles. The molecule has 0 heterocycles. The molecule has 3 heteroatoms. The number of hydrogen-bond acceptors (Lipinski definition) is 1. The van der Waals surface area contributed by atoms with E-state index in [4.69, 9.17) is 16.3 Å². The fourth-order valence-electron chi connectivity index (χ4n) is 1.43. The van der Waals surface area contributed by atoms with Crippen molar-refractivity contribution >= 4 is 11.6 Å². The molecule has 0 aliphatic rings. The van der Waals surface area contributed by atoms with Crippen LogP contribution in [0, 0.1) is 11.7 Å². The number of halogens is 2. The molecule has 1 rings (SSSR count). The minimum absolute atomic E-state index is 0.208. The van der Waals surface area contributed by atoms with Gasteiger partial charge < -0.3 is 4.74 Å². The number of benzene rings is 1. The van der Waals surface area contributed by atoms with Gasteiger partial charge in [0.05, 0.1) is 12.5 Å². The molecule has 1 aromatic carbocycles. The summed E-state index contributed by atoms with van der Waals surface area (Å²) in [7, 11) is 1.57. The van der Waals surface area contributed by atoms with E-state index < -0.39 is 0 Å². The van der Waals surface area contributed by atoms with Gasteiger partial charge in [0.2, 0.25) is 0 Å². The van der Waals surface area contributed by atoms with E-state index in [-0.39, 0.29) is 11.2 Å². The predicted molar refractivity (Wildman–Crippen MR) is 61.0 cm³/mol. The molecule has 0 fully saturated rings. The van der Waals surface area contributed by atoms with Gasteiger partial charge in [-0.15, -0.1) is 11.6 Å². The van der Waals surface area contributed by atoms with E-state index in [1.807, 2.05) is 6.92 Å². The minimum Gasteiger partial charge on any atom is -0.496 e. The maximum Gasteiger partial charge on any atom is 0.123 e. The molecule has 0 spiro atoms. The number of hydrogen-bond donors (Lipinski definition) is 0. The Morgan fingerprint density at radius 2 is 2.13 bits per heavy atom. The summed E-state index contributed by atoms with van der Waals surface area (Å²) >= 11 is 6.27. The lowest BCUT2D eigenvalue weighted by Gasteiger charge is -2.19. The van der Waals surface area contributed by atoms with Crippen LogP contribution >= 0.6 is 11.6 Å². The summed E-state index contributed by atoms with van der Waals surface area (Å²) in [6, 6.07) is 4.44. The standard InChI is InChI=1S/C12H16ClFO/c1-4-8(2)12(13)10-7-9(14)5-6-11(10)15-3/h5-8,12H,4H2,1-3H3. The van der Waals surface area contributed by atoms with Crippen LogP contribution in [-0.4, -0.2) is 7.11 Å². The Balaban J connectivity index is 3.05. The number of alkyl halides is 1. The summed E-state index contributed by atoms with van der Waals surface area (Å²) in [5, 5.41) is -0.208. The van der Waals surface area contributed by atoms with E-state index in [9.17, 15) is 4.39 Å². The highest BCUT2D eigenvalue weighted by Crippen LogP contribution is 2.36. The van der Waals surface area contributed by atoms with Gasteiger partial charge >= 0.3 is 0 Å². The molecule has 0 aromatic heterocycles. The van der Waals surface area contributed by atoms with E-state index >= 15 is 0 Å². The molecule has 0 saturated carbocycles. The zero-order valence-electron chi connectivity index (χ0n) is 9.26. The topological polar surface area (TPSA) is 9.23 Å². The molecule has 0 N–H and O–H groups in total. The van der Waals surface area contributed by atoms with Gasteiger partial charge in [0.15, 0.2) is 0 Å². The fraction of sp³-hybridized carbons (Fsp3) is 0.500. The average molecular weight is 231 g/mol. The van der Waals surface area contributed by atoms with Crippen molar-refractivity contribution in [3.63, 3.8) is 0 Å². The number of rotatable bonds is 4. The second-order valence-electron chi connectivity index (χ2n) is 3.67. The van der Waals surface area contributed by atoms with Crippen LogP contribution in [0.1, 0.15) is 31.2 Å². The zero-order chi connectivity index (χ0) is 11.4. The number of ether oxygens (including phenoxy) is 1. The molecule has 1 nitrogen and oxygen atoms in total. The average Bonchev–Trinajstić information content (AvgIpc) is 2.27. The van der Waals surface area contributed by atoms with Gasteiger partial charge in [0, 0.05) is 5.56 Å². The molecule has 1 aromatic rings. The normalized spacial score (nSPS) is 14.7. The van der Waals surface area contributed by atoms with Crippen molar-refractivity contribution in [2.45, 2.75) is 25.6 Å². The Bertz CT molecular complexity index is 327. The van der Waals surface area contributed by atoms with Crippen molar-refractivity contribution in [3.8, 4) is 5.75 Å². The largest absolute Gasteiger partial charge is 0.496 e. The van der Waals surface area contributed by atoms with Gasteiger partial charge in [0.25, 0.3) is 0 Å². The van der Waals surface area contributed by atoms with Crippen LogP contribution in [0.4, 0.5) is 4.39 Å². The molecular formula is C12H16ClFO. The predicted octanol–water partition coefficient (Wildman–Crippen LogP) is 4.16. The molecule has 15 heavy (non-hydrogen) atoms. The summed E-state index contributed by atoms with van der Waals surface area (Å²) < 4.78 is 18.3. The molecule has 2 atom stereocenters. The maximum absolute atomic E-state index is 13.1. The second kappa shape index (κ2) is 5.36. The van der Waals surface area contributed by atoms with Crippen molar-refractivity contribution in [1.82, 2.24) is 0 Å². The summed E-state index contributed by atoms with van der Waals surface area (Å²) in [6.45, 7) is 4.10. The lowest BCUT2D eigenvalue weighted by Crippen LogP contribution is -2.05. The van der Waals surface area contributed by atoms with E-state index in [2.05, 4.69) is 6.92 Å². The van der Waals surface area contributed by atoms with E-state index in [1.165, 1.54) is 12.1 Å². The Morgan fingerprint density at radius 1 is 1.47 bits per heavy atom. The maximum atomic E-state index is 13.1. The first-order chi connectivity index (χ1) is 7.10. The van der Waals surface area contributed by atoms with Gasteiger partial charge in [-0.25, -0.2) is 4.39 Å². The zero-order valence-corrected chi connectivity index (χ0v) is 10.0. The highest BCUT2D eigenvalue weighted by atomic mass is 35.5. The van der Waals surface area contributed by atoms with Gasteiger partial charge in [0.1, 0.15) is 11.6 Å². The highest BCUT2D eigenvalue weighted by molar-refractivity contribution is 6.21. The Kier molecular flexibility index (Phi) is 4.40. The molecule has 2 unspecified atom stereocenters. The van der Waals surface area contributed by atoms with Crippen molar-refractivity contribution < 1.29 is 9.13 Å². The quantitative estimate of drug-likeness (QED) is 0.706. The molecule has 0 bridgehead atoms. The van der Waals surface area contributed by atoms with Gasteiger partial charge in [-0.3, -0.25) is 0 Å². The van der Waals surface area contributed by atoms with Gasteiger partial charge in [-0.05, 0) is 24.1 Å². The van der Waals surface area contributed by atoms with E-state index in [0.29, 0.717) is 11.7 Å². The molecule has 0 radical (unpaired) electrons. The third-order valence-electron chi connectivity index (χ3n) is 2.63. The first-order valence-electron chi connectivity index (χ1n) is 5.07. The third kappa shape index (κ3) is 2.85. The summed E-state index contributed by atoms with van der Waals surface area (Å²) in [5.74, 6) is 0.666. The van der Waals surface area contributed by atoms with Crippen LogP contribution in [0.15, 0.2) is 18.2 Å². The molecule has 0 saturated heterocycles. The lowest BCUT2D eigenvalue weighted by molar-refractivity contribution is 0.401. The first kappa shape index (κ1) is 12.3. The Hall–Kier alpha value is -0.760. The van der Waals surface area contributed by atoms with Gasteiger partial charge in [-0.1, -0.05) is 20.3 Å². The van der Waals surface area contributed by atoms with Crippen LogP contribution in [-0.2, 0) is 0 Å². The monoisotopic (exact) mass is 230 g/mol. The molecule has 0 amide bonds. The van der Waals surface area contributed by atoms with Crippen molar-refractivity contribution in [2.75, 3.05) is 7.11 Å². The third-order valence-corrected chi connectivity index (χ3v) is 3.30. The fourth-order valence-corrected chi connectivity index (χ4v) is 1.78. The summed E-state index contributed by atoms with van der Waals surface area (Å²) in [4.78, 5) is 0. The molecule has 84 valence electrons. The van der Waals surface area contributed by atoms with Crippen molar-refractivity contribution in [2.24, 2.45) is 5.92 Å². The summed E-state index contributed by atoms with van der Waals surface area (Å²) in [6.07, 6.45) is 0.952.